The standard InChI is InChI=1S/C9H7N3O/c13-5-1-2-8-6-11-9-7-10-3-4-12(8)9/h1-7H/b2-1+. The lowest BCUT2D eigenvalue weighted by molar-refractivity contribution is -0.104. The molecule has 4 nitrogen and oxygen atoms in total. The van der Waals surface area contributed by atoms with Crippen LogP contribution in [0.25, 0.3) is 11.7 Å². The molecule has 0 saturated heterocycles. The topological polar surface area (TPSA) is 47.3 Å². The van der Waals surface area contributed by atoms with Gasteiger partial charge in [-0.3, -0.25) is 14.2 Å². The normalized spacial score (nSPS) is 11.1. The van der Waals surface area contributed by atoms with Gasteiger partial charge in [0.15, 0.2) is 5.65 Å². The van der Waals surface area contributed by atoms with Gasteiger partial charge in [-0.2, -0.15) is 0 Å². The van der Waals surface area contributed by atoms with Gasteiger partial charge in [0, 0.05) is 12.4 Å². The number of carbonyl (C=O) groups excluding carboxylic acids is 1. The lowest BCUT2D eigenvalue weighted by Crippen LogP contribution is -1.86. The Morgan fingerprint density at radius 3 is 3.15 bits per heavy atom. The highest BCUT2D eigenvalue weighted by atomic mass is 16.1. The molecule has 0 aliphatic carbocycles. The summed E-state index contributed by atoms with van der Waals surface area (Å²) in [5, 5.41) is 0. The van der Waals surface area contributed by atoms with Crippen molar-refractivity contribution in [3.8, 4) is 0 Å². The van der Waals surface area contributed by atoms with E-state index in [1.54, 1.807) is 30.9 Å². The predicted molar refractivity (Wildman–Crippen MR) is 48.1 cm³/mol. The van der Waals surface area contributed by atoms with Crippen LogP contribution in [-0.4, -0.2) is 20.7 Å². The Labute approximate surface area is 74.6 Å². The zero-order valence-corrected chi connectivity index (χ0v) is 6.79. The van der Waals surface area contributed by atoms with Crippen molar-refractivity contribution in [1.82, 2.24) is 14.4 Å². The summed E-state index contributed by atoms with van der Waals surface area (Å²) < 4.78 is 1.85. The first-order chi connectivity index (χ1) is 6.42. The Kier molecular flexibility index (Phi) is 1.88. The molecule has 0 fully saturated rings. The van der Waals surface area contributed by atoms with E-state index >= 15 is 0 Å². The summed E-state index contributed by atoms with van der Waals surface area (Å²) in [7, 11) is 0. The first-order valence-corrected chi connectivity index (χ1v) is 3.81. The molecular formula is C9H7N3O. The summed E-state index contributed by atoms with van der Waals surface area (Å²) in [6.07, 6.45) is 10.7. The van der Waals surface area contributed by atoms with Crippen LogP contribution in [0.5, 0.6) is 0 Å². The molecule has 2 aromatic heterocycles. The van der Waals surface area contributed by atoms with Gasteiger partial charge in [0.05, 0.1) is 18.1 Å². The van der Waals surface area contributed by atoms with Crippen LogP contribution >= 0.6 is 0 Å². The highest BCUT2D eigenvalue weighted by molar-refractivity contribution is 5.73. The number of fused-ring (bicyclic) bond motifs is 1. The maximum absolute atomic E-state index is 10.1. The van der Waals surface area contributed by atoms with E-state index in [0.717, 1.165) is 17.6 Å². The fourth-order valence-electron chi connectivity index (χ4n) is 1.12. The van der Waals surface area contributed by atoms with Crippen LogP contribution < -0.4 is 0 Å². The summed E-state index contributed by atoms with van der Waals surface area (Å²) >= 11 is 0. The first-order valence-electron chi connectivity index (χ1n) is 3.81. The molecule has 0 unspecified atom stereocenters. The van der Waals surface area contributed by atoms with Gasteiger partial charge in [-0.05, 0) is 12.2 Å². The molecule has 64 valence electrons. The third kappa shape index (κ3) is 1.33. The zero-order valence-electron chi connectivity index (χ0n) is 6.79. The second-order valence-electron chi connectivity index (χ2n) is 2.48. The lowest BCUT2D eigenvalue weighted by atomic mass is 10.4. The van der Waals surface area contributed by atoms with Gasteiger partial charge in [0.1, 0.15) is 6.29 Å². The monoisotopic (exact) mass is 173 g/mol. The minimum Gasteiger partial charge on any atom is -0.299 e. The molecule has 0 amide bonds. The van der Waals surface area contributed by atoms with Gasteiger partial charge >= 0.3 is 0 Å². The maximum atomic E-state index is 10.1. The number of aromatic nitrogens is 3. The maximum Gasteiger partial charge on any atom is 0.155 e. The van der Waals surface area contributed by atoms with Crippen LogP contribution in [0.15, 0.2) is 30.9 Å². The molecule has 0 aliphatic rings. The van der Waals surface area contributed by atoms with E-state index in [4.69, 9.17) is 0 Å². The van der Waals surface area contributed by atoms with Crippen LogP contribution in [0.2, 0.25) is 0 Å². The Morgan fingerprint density at radius 1 is 1.38 bits per heavy atom. The number of allylic oxidation sites excluding steroid dienone is 1. The molecule has 0 atom stereocenters. The number of imidazole rings is 1. The molecule has 2 heterocycles. The highest BCUT2D eigenvalue weighted by Crippen LogP contribution is 2.05. The summed E-state index contributed by atoms with van der Waals surface area (Å²) in [6, 6.07) is 0. The van der Waals surface area contributed by atoms with Crippen molar-refractivity contribution in [3.05, 3.63) is 36.6 Å². The number of hydrogen-bond acceptors (Lipinski definition) is 3. The van der Waals surface area contributed by atoms with Gasteiger partial charge < -0.3 is 0 Å². The Morgan fingerprint density at radius 2 is 2.31 bits per heavy atom. The van der Waals surface area contributed by atoms with Crippen molar-refractivity contribution < 1.29 is 4.79 Å². The number of carbonyl (C=O) groups is 1. The summed E-state index contributed by atoms with van der Waals surface area (Å²) in [6.45, 7) is 0. The van der Waals surface area contributed by atoms with E-state index in [9.17, 15) is 4.79 Å². The number of aldehydes is 1. The second kappa shape index (κ2) is 3.18. The van der Waals surface area contributed by atoms with Crippen LogP contribution in [0.4, 0.5) is 0 Å². The van der Waals surface area contributed by atoms with Gasteiger partial charge in [-0.1, -0.05) is 0 Å². The van der Waals surface area contributed by atoms with Gasteiger partial charge in [-0.15, -0.1) is 0 Å². The number of hydrogen-bond donors (Lipinski definition) is 0. The fourth-order valence-corrected chi connectivity index (χ4v) is 1.12. The smallest absolute Gasteiger partial charge is 0.155 e. The molecule has 0 radical (unpaired) electrons. The Bertz CT molecular complexity index is 459. The highest BCUT2D eigenvalue weighted by Gasteiger charge is 1.97. The molecule has 2 rings (SSSR count). The molecule has 0 aliphatic heterocycles. The Hall–Kier alpha value is -1.97. The second-order valence-corrected chi connectivity index (χ2v) is 2.48. The van der Waals surface area contributed by atoms with E-state index in [0.29, 0.717) is 0 Å². The molecular weight excluding hydrogens is 166 g/mol. The van der Waals surface area contributed by atoms with Gasteiger partial charge in [-0.25, -0.2) is 4.98 Å². The van der Waals surface area contributed by atoms with Crippen molar-refractivity contribution in [2.75, 3.05) is 0 Å². The average molecular weight is 173 g/mol. The molecule has 0 spiro atoms. The van der Waals surface area contributed by atoms with Crippen LogP contribution in [0.1, 0.15) is 5.69 Å². The molecule has 0 bridgehead atoms. The third-order valence-electron chi connectivity index (χ3n) is 1.69. The van der Waals surface area contributed by atoms with E-state index < -0.39 is 0 Å². The molecule has 0 aromatic carbocycles. The molecule has 13 heavy (non-hydrogen) atoms. The first kappa shape index (κ1) is 7.67. The van der Waals surface area contributed by atoms with E-state index in [-0.39, 0.29) is 0 Å². The van der Waals surface area contributed by atoms with Crippen molar-refractivity contribution >= 4 is 18.0 Å². The number of rotatable bonds is 2. The van der Waals surface area contributed by atoms with Crippen molar-refractivity contribution in [1.29, 1.82) is 0 Å². The fraction of sp³-hybridized carbons (Fsp3) is 0. The minimum atomic E-state index is 0.737. The van der Waals surface area contributed by atoms with E-state index in [1.807, 2.05) is 4.40 Å². The molecule has 2 aromatic rings. The predicted octanol–water partition coefficient (Wildman–Crippen LogP) is 0.941. The average Bonchev–Trinajstić information content (AvgIpc) is 2.58. The molecule has 0 saturated carbocycles. The molecule has 0 N–H and O–H groups in total. The quantitative estimate of drug-likeness (QED) is 0.501. The summed E-state index contributed by atoms with van der Waals surface area (Å²) in [5.41, 5.74) is 1.64. The van der Waals surface area contributed by atoms with Gasteiger partial charge in [0.25, 0.3) is 0 Å². The van der Waals surface area contributed by atoms with Crippen molar-refractivity contribution in [2.45, 2.75) is 0 Å². The minimum absolute atomic E-state index is 0.737. The lowest BCUT2D eigenvalue weighted by Gasteiger charge is -1.92. The number of nitrogens with zero attached hydrogens (tertiary/aromatic N) is 3. The van der Waals surface area contributed by atoms with E-state index in [2.05, 4.69) is 9.97 Å². The molecule has 4 heteroatoms. The SMILES string of the molecule is O=C/C=C/c1cnc2cnccn12. The van der Waals surface area contributed by atoms with Crippen LogP contribution in [-0.2, 0) is 4.79 Å². The largest absolute Gasteiger partial charge is 0.299 e. The Balaban J connectivity index is 2.57. The van der Waals surface area contributed by atoms with Crippen LogP contribution in [0.3, 0.4) is 0 Å². The van der Waals surface area contributed by atoms with Gasteiger partial charge in [0.2, 0.25) is 0 Å². The zero-order chi connectivity index (χ0) is 9.10. The van der Waals surface area contributed by atoms with E-state index in [1.165, 1.54) is 6.08 Å². The van der Waals surface area contributed by atoms with Crippen LogP contribution in [0, 0.1) is 0 Å². The third-order valence-corrected chi connectivity index (χ3v) is 1.69. The van der Waals surface area contributed by atoms with Crippen molar-refractivity contribution in [2.24, 2.45) is 0 Å². The summed E-state index contributed by atoms with van der Waals surface area (Å²) in [4.78, 5) is 18.1. The van der Waals surface area contributed by atoms with Crippen molar-refractivity contribution in [3.63, 3.8) is 0 Å². The summed E-state index contributed by atoms with van der Waals surface area (Å²) in [5.74, 6) is 0.